The van der Waals surface area contributed by atoms with Gasteiger partial charge in [-0.05, 0) is 93.0 Å². The molecule has 318 valence electrons. The van der Waals surface area contributed by atoms with Crippen LogP contribution in [0, 0.1) is 0 Å². The van der Waals surface area contributed by atoms with Crippen LogP contribution in [-0.4, -0.2) is 29.9 Å². The third-order valence-corrected chi connectivity index (χ3v) is 13.1. The summed E-state index contributed by atoms with van der Waals surface area (Å²) in [5.41, 5.74) is 16.3. The van der Waals surface area contributed by atoms with Gasteiger partial charge in [-0.15, -0.1) is 0 Å². The Kier molecular flexibility index (Phi) is 9.25. The predicted molar refractivity (Wildman–Crippen MR) is 269 cm³/mol. The molecule has 1 aliphatic carbocycles. The molecule has 11 aromatic rings. The Morgan fingerprint density at radius 3 is 1.19 bits per heavy atom. The summed E-state index contributed by atoms with van der Waals surface area (Å²) < 4.78 is 6.74. The Hall–Kier alpha value is -9.20. The van der Waals surface area contributed by atoms with Crippen molar-refractivity contribution in [1.82, 2.24) is 29.9 Å². The highest BCUT2D eigenvalue weighted by Crippen LogP contribution is 2.64. The monoisotopic (exact) mass is 870 g/mol. The van der Waals surface area contributed by atoms with Crippen molar-refractivity contribution in [1.29, 1.82) is 0 Å². The van der Waals surface area contributed by atoms with Crippen molar-refractivity contribution in [2.45, 2.75) is 5.41 Å². The molecule has 68 heavy (non-hydrogen) atoms. The number of benzene rings is 7. The number of hydrogen-bond acceptors (Lipinski definition) is 7. The van der Waals surface area contributed by atoms with Crippen molar-refractivity contribution in [3.8, 4) is 102 Å². The van der Waals surface area contributed by atoms with E-state index in [0.717, 1.165) is 95.5 Å². The maximum Gasteiger partial charge on any atom is 0.164 e. The van der Waals surface area contributed by atoms with Gasteiger partial charge in [0.15, 0.2) is 17.5 Å². The predicted octanol–water partition coefficient (Wildman–Crippen LogP) is 14.2. The van der Waals surface area contributed by atoms with Gasteiger partial charge < -0.3 is 4.74 Å². The molecular formula is C61H38N6O. The zero-order chi connectivity index (χ0) is 45.0. The van der Waals surface area contributed by atoms with Crippen LogP contribution in [-0.2, 0) is 5.41 Å². The Balaban J connectivity index is 1.05. The number of aromatic nitrogens is 6. The van der Waals surface area contributed by atoms with Gasteiger partial charge in [0.05, 0.1) is 28.2 Å². The summed E-state index contributed by atoms with van der Waals surface area (Å²) >= 11 is 0. The van der Waals surface area contributed by atoms with Crippen LogP contribution in [0.15, 0.2) is 231 Å². The van der Waals surface area contributed by atoms with Crippen LogP contribution in [0.25, 0.3) is 90.3 Å². The minimum Gasteiger partial charge on any atom is -0.457 e. The summed E-state index contributed by atoms with van der Waals surface area (Å²) in [7, 11) is 0. The molecule has 2 aliphatic rings. The van der Waals surface area contributed by atoms with Gasteiger partial charge in [-0.25, -0.2) is 19.9 Å². The molecule has 0 saturated heterocycles. The standard InChI is InChI=1S/C61H38N6O/c1-3-17-40(18-4-1)58-65-59(41-19-5-2-6-20-41)67-60(66-58)42-33-31-39(32-34-42)44-21-15-25-48-56(44)57-45(43-37-52(50-27-11-13-35-62-50)64-53(38-43)51-28-12-14-36-63-51)22-16-26-49(57)61(48)46-23-7-9-29-54(46)68-55-30-10-8-24-47(55)61/h1-38H. The summed E-state index contributed by atoms with van der Waals surface area (Å²) in [5.74, 6) is 3.53. The molecule has 0 radical (unpaired) electrons. The van der Waals surface area contributed by atoms with Gasteiger partial charge in [-0.3, -0.25) is 9.97 Å². The van der Waals surface area contributed by atoms with E-state index < -0.39 is 5.41 Å². The maximum absolute atomic E-state index is 6.74. The molecule has 7 aromatic carbocycles. The molecule has 0 atom stereocenters. The van der Waals surface area contributed by atoms with Crippen molar-refractivity contribution in [2.75, 3.05) is 0 Å². The molecule has 0 N–H and O–H groups in total. The second kappa shape index (κ2) is 16.0. The van der Waals surface area contributed by atoms with Gasteiger partial charge >= 0.3 is 0 Å². The number of rotatable bonds is 7. The number of fused-ring (bicyclic) bond motifs is 9. The highest BCUT2D eigenvalue weighted by atomic mass is 16.5. The molecule has 7 heteroatoms. The van der Waals surface area contributed by atoms with Crippen molar-refractivity contribution >= 4 is 0 Å². The van der Waals surface area contributed by atoms with Gasteiger partial charge in [-0.1, -0.05) is 170 Å². The number of ether oxygens (including phenoxy) is 1. The first-order chi connectivity index (χ1) is 33.7. The smallest absolute Gasteiger partial charge is 0.164 e. The van der Waals surface area contributed by atoms with Crippen LogP contribution in [0.5, 0.6) is 11.5 Å². The number of nitrogens with zero attached hydrogens (tertiary/aromatic N) is 6. The molecule has 4 aromatic heterocycles. The lowest BCUT2D eigenvalue weighted by molar-refractivity contribution is 0.436. The van der Waals surface area contributed by atoms with E-state index >= 15 is 0 Å². The minimum atomic E-state index is -0.699. The number of pyridine rings is 3. The maximum atomic E-state index is 6.74. The SMILES string of the molecule is c1ccc(-c2nc(-c3ccccc3)nc(-c3ccc(-c4cccc5c4-c4c(-c6cc(-c7ccccn7)nc(-c7ccccn7)c6)cccc4C54c5ccccc5Oc5ccccc54)cc3)n2)cc1. The number of para-hydroxylation sites is 2. The minimum absolute atomic E-state index is 0.606. The average molecular weight is 871 g/mol. The molecule has 0 unspecified atom stereocenters. The Labute approximate surface area is 393 Å². The lowest BCUT2D eigenvalue weighted by Gasteiger charge is -2.39. The Morgan fingerprint density at radius 1 is 0.294 bits per heavy atom. The van der Waals surface area contributed by atoms with E-state index in [1.165, 1.54) is 11.1 Å². The summed E-state index contributed by atoms with van der Waals surface area (Å²) in [6.07, 6.45) is 3.63. The normalized spacial score (nSPS) is 12.6. The number of hydrogen-bond donors (Lipinski definition) is 0. The van der Waals surface area contributed by atoms with Crippen molar-refractivity contribution in [2.24, 2.45) is 0 Å². The third-order valence-electron chi connectivity index (χ3n) is 13.1. The zero-order valence-corrected chi connectivity index (χ0v) is 36.5. The van der Waals surface area contributed by atoms with Gasteiger partial charge in [0.1, 0.15) is 11.5 Å². The first kappa shape index (κ1) is 39.2. The van der Waals surface area contributed by atoms with E-state index in [2.05, 4.69) is 121 Å². The topological polar surface area (TPSA) is 86.6 Å². The first-order valence-electron chi connectivity index (χ1n) is 22.7. The van der Waals surface area contributed by atoms with Crippen molar-refractivity contribution in [3.63, 3.8) is 0 Å². The third kappa shape index (κ3) is 6.36. The fourth-order valence-corrected chi connectivity index (χ4v) is 10.2. The molecule has 0 fully saturated rings. The highest BCUT2D eigenvalue weighted by molar-refractivity contribution is 6.03. The van der Waals surface area contributed by atoms with Crippen molar-refractivity contribution in [3.05, 3.63) is 253 Å². The van der Waals surface area contributed by atoms with Crippen LogP contribution in [0.4, 0.5) is 0 Å². The fourth-order valence-electron chi connectivity index (χ4n) is 10.2. The summed E-state index contributed by atoms with van der Waals surface area (Å²) in [4.78, 5) is 29.7. The summed E-state index contributed by atoms with van der Waals surface area (Å²) in [5, 5.41) is 0. The van der Waals surface area contributed by atoms with Crippen LogP contribution in [0.2, 0.25) is 0 Å². The molecular weight excluding hydrogens is 833 g/mol. The summed E-state index contributed by atoms with van der Waals surface area (Å²) in [6, 6.07) is 75.5. The van der Waals surface area contributed by atoms with Gasteiger partial charge in [0.2, 0.25) is 0 Å². The highest BCUT2D eigenvalue weighted by Gasteiger charge is 2.52. The van der Waals surface area contributed by atoms with Gasteiger partial charge in [-0.2, -0.15) is 0 Å². The van der Waals surface area contributed by atoms with Gasteiger partial charge in [0.25, 0.3) is 0 Å². The zero-order valence-electron chi connectivity index (χ0n) is 36.5. The molecule has 0 amide bonds. The molecule has 5 heterocycles. The molecule has 0 saturated carbocycles. The lowest BCUT2D eigenvalue weighted by Crippen LogP contribution is -2.32. The van der Waals surface area contributed by atoms with Crippen LogP contribution in [0.3, 0.4) is 0 Å². The van der Waals surface area contributed by atoms with E-state index in [1.807, 2.05) is 109 Å². The second-order valence-corrected chi connectivity index (χ2v) is 17.0. The largest absolute Gasteiger partial charge is 0.457 e. The Bertz CT molecular complexity index is 3530. The first-order valence-corrected chi connectivity index (χ1v) is 22.7. The molecule has 0 bridgehead atoms. The molecule has 7 nitrogen and oxygen atoms in total. The second-order valence-electron chi connectivity index (χ2n) is 17.0. The molecule has 1 aliphatic heterocycles. The molecule has 13 rings (SSSR count). The Morgan fingerprint density at radius 2 is 0.706 bits per heavy atom. The van der Waals surface area contributed by atoms with E-state index in [9.17, 15) is 0 Å². The van der Waals surface area contributed by atoms with Gasteiger partial charge in [0, 0.05) is 40.2 Å². The summed E-state index contributed by atoms with van der Waals surface area (Å²) in [6.45, 7) is 0. The van der Waals surface area contributed by atoms with Crippen molar-refractivity contribution < 1.29 is 4.74 Å². The van der Waals surface area contributed by atoms with Crippen LogP contribution >= 0.6 is 0 Å². The van der Waals surface area contributed by atoms with Crippen LogP contribution in [0.1, 0.15) is 22.3 Å². The van der Waals surface area contributed by atoms with E-state index in [1.54, 1.807) is 0 Å². The molecule has 1 spiro atoms. The quantitative estimate of drug-likeness (QED) is 0.158. The van der Waals surface area contributed by atoms with E-state index in [-0.39, 0.29) is 0 Å². The fraction of sp³-hybridized carbons (Fsp3) is 0.0164. The van der Waals surface area contributed by atoms with E-state index in [4.69, 9.17) is 34.6 Å². The lowest BCUT2D eigenvalue weighted by atomic mass is 9.66. The average Bonchev–Trinajstić information content (AvgIpc) is 3.72. The van der Waals surface area contributed by atoms with E-state index in [0.29, 0.717) is 17.5 Å². The van der Waals surface area contributed by atoms with Crippen LogP contribution < -0.4 is 4.74 Å².